The van der Waals surface area contributed by atoms with E-state index in [2.05, 4.69) is 5.92 Å². The highest BCUT2D eigenvalue weighted by Gasteiger charge is 2.53. The number of halogens is 2. The predicted octanol–water partition coefficient (Wildman–Crippen LogP) is -3.01. The summed E-state index contributed by atoms with van der Waals surface area (Å²) in [7, 11) is 0. The zero-order valence-corrected chi connectivity index (χ0v) is 31.6. The van der Waals surface area contributed by atoms with E-state index >= 15 is 0 Å². The number of alkyl halides is 2. The number of aliphatic hydroxyl groups excluding tert-OH is 10. The van der Waals surface area contributed by atoms with E-state index in [-0.39, 0.29) is 32.5 Å². The Morgan fingerprint density at radius 3 is 1.86 bits per heavy atom. The lowest BCUT2D eigenvalue weighted by molar-refractivity contribution is -0.376. The van der Waals surface area contributed by atoms with E-state index in [4.69, 9.17) is 44.3 Å². The van der Waals surface area contributed by atoms with Crippen LogP contribution in [0, 0.1) is 18.3 Å². The van der Waals surface area contributed by atoms with Crippen LogP contribution in [0.25, 0.3) is 0 Å². The van der Waals surface area contributed by atoms with E-state index in [0.29, 0.717) is 12.2 Å². The molecular formula is C37H54F2O19. The summed E-state index contributed by atoms with van der Waals surface area (Å²) < 4.78 is 72.4. The molecule has 3 fully saturated rings. The van der Waals surface area contributed by atoms with E-state index in [1.54, 1.807) is 0 Å². The van der Waals surface area contributed by atoms with Crippen molar-refractivity contribution in [3.63, 3.8) is 0 Å². The lowest BCUT2D eigenvalue weighted by atomic mass is 9.92. The first kappa shape index (κ1) is 47.9. The fourth-order valence-electron chi connectivity index (χ4n) is 6.74. The van der Waals surface area contributed by atoms with Crippen LogP contribution in [0.3, 0.4) is 0 Å². The smallest absolute Gasteiger partial charge is 0.306 e. The molecule has 21 heteroatoms. The molecule has 3 saturated heterocycles. The van der Waals surface area contributed by atoms with Gasteiger partial charge >= 0.3 is 5.97 Å². The summed E-state index contributed by atoms with van der Waals surface area (Å²) >= 11 is 0. The Bertz CT molecular complexity index is 1450. The summed E-state index contributed by atoms with van der Waals surface area (Å²) in [5.74, 6) is 1.04. The molecule has 3 aliphatic rings. The molecule has 0 aliphatic carbocycles. The molecule has 58 heavy (non-hydrogen) atoms. The van der Waals surface area contributed by atoms with Gasteiger partial charge in [0.1, 0.15) is 85.6 Å². The van der Waals surface area contributed by atoms with Crippen LogP contribution in [-0.2, 0) is 44.4 Å². The van der Waals surface area contributed by atoms with Crippen molar-refractivity contribution in [3.05, 3.63) is 29.3 Å². The van der Waals surface area contributed by atoms with Crippen molar-refractivity contribution in [2.75, 3.05) is 39.6 Å². The molecule has 0 saturated carbocycles. The highest BCUT2D eigenvalue weighted by atomic mass is 19.3. The second-order valence-corrected chi connectivity index (χ2v) is 14.1. The number of ether oxygens (including phenoxy) is 8. The topological polar surface area (TPSA) is 293 Å². The van der Waals surface area contributed by atoms with E-state index in [1.165, 1.54) is 12.1 Å². The van der Waals surface area contributed by atoms with Gasteiger partial charge in [-0.2, -0.15) is 0 Å². The molecule has 0 radical (unpaired) electrons. The Kier molecular flexibility index (Phi) is 18.8. The van der Waals surface area contributed by atoms with Gasteiger partial charge in [0.25, 0.3) is 6.43 Å². The molecule has 0 amide bonds. The Morgan fingerprint density at radius 1 is 0.759 bits per heavy atom. The fraction of sp³-hybridized carbons (Fsp3) is 0.757. The molecule has 7 unspecified atom stereocenters. The first-order valence-corrected chi connectivity index (χ1v) is 18.8. The Morgan fingerprint density at radius 2 is 1.31 bits per heavy atom. The van der Waals surface area contributed by atoms with Crippen LogP contribution in [-0.4, -0.2) is 189 Å². The van der Waals surface area contributed by atoms with Gasteiger partial charge in [-0.05, 0) is 36.5 Å². The molecule has 1 aromatic carbocycles. The van der Waals surface area contributed by atoms with E-state index in [1.807, 2.05) is 6.92 Å². The third kappa shape index (κ3) is 12.0. The van der Waals surface area contributed by atoms with E-state index in [0.717, 1.165) is 12.5 Å². The fourth-order valence-corrected chi connectivity index (χ4v) is 6.74. The van der Waals surface area contributed by atoms with Crippen molar-refractivity contribution in [3.8, 4) is 18.1 Å². The summed E-state index contributed by atoms with van der Waals surface area (Å²) in [5.41, 5.74) is -0.246. The van der Waals surface area contributed by atoms with Crippen LogP contribution < -0.4 is 4.74 Å². The standard InChI is InChI=1S/C37H54F2O19/c1-3-5-17(13-24(43)52-10-9-51-8-4-2)11-18-6-7-20(19(12-18)34(38)39)53-35-30(49)27(46)32(22(15-41)55-35)58-37-31(50)28(47)33(23(16-42)56-37)57-36-29(48)26(45)25(44)21(14-40)54-36/h1,6-7,12,17,21-23,25-37,40-42,44-50H,4-5,8-11,13-16H2,2H3/t17?,21?,22?,23?,25-,26+,27-,28-,29?,30?,31?,32-,33-,35-,36-,37-/m1/s1. The molecule has 0 aromatic heterocycles. The highest BCUT2D eigenvalue weighted by Crippen LogP contribution is 2.36. The number of carbonyl (C=O) groups is 1. The van der Waals surface area contributed by atoms with Gasteiger partial charge in [0.2, 0.25) is 6.29 Å². The Labute approximate surface area is 332 Å². The van der Waals surface area contributed by atoms with Crippen LogP contribution in [0.1, 0.15) is 43.7 Å². The van der Waals surface area contributed by atoms with Gasteiger partial charge in [-0.3, -0.25) is 4.79 Å². The maximum atomic E-state index is 14.4. The van der Waals surface area contributed by atoms with E-state index in [9.17, 15) is 64.6 Å². The van der Waals surface area contributed by atoms with E-state index < -0.39 is 142 Å². The maximum absolute atomic E-state index is 14.4. The summed E-state index contributed by atoms with van der Waals surface area (Å²) in [6.07, 6.45) is -23.6. The van der Waals surface area contributed by atoms with Gasteiger partial charge < -0.3 is 89.0 Å². The number of esters is 1. The van der Waals surface area contributed by atoms with Gasteiger partial charge in [0, 0.05) is 19.4 Å². The number of rotatable bonds is 20. The van der Waals surface area contributed by atoms with Gasteiger partial charge in [-0.1, -0.05) is 13.0 Å². The van der Waals surface area contributed by atoms with Gasteiger partial charge in [-0.25, -0.2) is 8.78 Å². The molecule has 330 valence electrons. The van der Waals surface area contributed by atoms with Gasteiger partial charge in [0.05, 0.1) is 32.0 Å². The zero-order chi connectivity index (χ0) is 42.7. The molecule has 4 rings (SSSR count). The predicted molar refractivity (Wildman–Crippen MR) is 188 cm³/mol. The molecule has 3 heterocycles. The molecule has 16 atom stereocenters. The quantitative estimate of drug-likeness (QED) is 0.0355. The number of benzene rings is 1. The first-order valence-electron chi connectivity index (χ1n) is 18.8. The average Bonchev–Trinajstić information content (AvgIpc) is 3.20. The van der Waals surface area contributed by atoms with Crippen LogP contribution in [0.5, 0.6) is 5.75 Å². The second-order valence-electron chi connectivity index (χ2n) is 14.1. The van der Waals surface area contributed by atoms with Gasteiger partial charge in [0.15, 0.2) is 12.6 Å². The van der Waals surface area contributed by atoms with Crippen molar-refractivity contribution < 1.29 is 103 Å². The second kappa shape index (κ2) is 22.8. The third-order valence-electron chi connectivity index (χ3n) is 9.85. The molecule has 19 nitrogen and oxygen atoms in total. The molecule has 3 aliphatic heterocycles. The van der Waals surface area contributed by atoms with Crippen LogP contribution in [0.2, 0.25) is 0 Å². The van der Waals surface area contributed by atoms with Crippen molar-refractivity contribution in [1.82, 2.24) is 0 Å². The molecule has 0 spiro atoms. The first-order chi connectivity index (χ1) is 27.7. The summed E-state index contributed by atoms with van der Waals surface area (Å²) in [4.78, 5) is 12.4. The van der Waals surface area contributed by atoms with Crippen molar-refractivity contribution in [1.29, 1.82) is 0 Å². The summed E-state index contributed by atoms with van der Waals surface area (Å²) in [5, 5.41) is 104. The molecule has 0 bridgehead atoms. The normalized spacial score (nSPS) is 36.0. The Hall–Kier alpha value is -2.73. The maximum Gasteiger partial charge on any atom is 0.306 e. The Balaban J connectivity index is 1.41. The molecule has 10 N–H and O–H groups in total. The molecule has 1 aromatic rings. The average molecular weight is 841 g/mol. The highest BCUT2D eigenvalue weighted by molar-refractivity contribution is 5.69. The summed E-state index contributed by atoms with van der Waals surface area (Å²) in [6, 6.07) is 3.75. The largest absolute Gasteiger partial charge is 0.463 e. The third-order valence-corrected chi connectivity index (χ3v) is 9.85. The van der Waals surface area contributed by atoms with Crippen molar-refractivity contribution >= 4 is 5.97 Å². The number of terminal acetylenes is 1. The lowest BCUT2D eigenvalue weighted by Gasteiger charge is -2.48. The monoisotopic (exact) mass is 840 g/mol. The minimum Gasteiger partial charge on any atom is -0.463 e. The lowest BCUT2D eigenvalue weighted by Crippen LogP contribution is -2.66. The number of hydrogen-bond donors (Lipinski definition) is 10. The van der Waals surface area contributed by atoms with Gasteiger partial charge in [-0.15, -0.1) is 12.3 Å². The number of aliphatic hydroxyl groups is 10. The number of hydrogen-bond acceptors (Lipinski definition) is 19. The zero-order valence-electron chi connectivity index (χ0n) is 31.6. The minimum atomic E-state index is -3.10. The van der Waals surface area contributed by atoms with Crippen molar-refractivity contribution in [2.24, 2.45) is 5.92 Å². The SMILES string of the molecule is C#CCC(CC(=O)OCCOCCC)Cc1ccc(O[C@@H]2OC(CO)[C@@H](O[C@H]3OC(CO)[C@@H](O[C@H]4OC(CO)[C@@H](O)[C@H](O)C4O)[C@H](O)C3O)[C@H](O)C2O)c(C(F)F)c1. The van der Waals surface area contributed by atoms with Crippen LogP contribution in [0.15, 0.2) is 18.2 Å². The number of carbonyl (C=O) groups excluding carboxylic acids is 1. The molecular weight excluding hydrogens is 786 g/mol. The van der Waals surface area contributed by atoms with Crippen LogP contribution >= 0.6 is 0 Å². The van der Waals surface area contributed by atoms with Crippen molar-refractivity contribution in [2.45, 2.75) is 131 Å². The minimum absolute atomic E-state index is 0.0492. The van der Waals surface area contributed by atoms with Crippen LogP contribution in [0.4, 0.5) is 8.78 Å². The summed E-state index contributed by atoms with van der Waals surface area (Å²) in [6.45, 7) is 0.110.